The predicted molar refractivity (Wildman–Crippen MR) is 87.6 cm³/mol. The second-order valence-corrected chi connectivity index (χ2v) is 7.24. The number of hydrogen-bond donors (Lipinski definition) is 4. The molecule has 0 saturated carbocycles. The molecule has 1 aromatic rings. The van der Waals surface area contributed by atoms with E-state index in [1.54, 1.807) is 0 Å². The maximum atomic E-state index is 11.7. The van der Waals surface area contributed by atoms with E-state index in [1.807, 2.05) is 6.26 Å². The molecule has 0 bridgehead atoms. The molecule has 0 aliphatic heterocycles. The van der Waals surface area contributed by atoms with Gasteiger partial charge >= 0.3 is 12.0 Å². The van der Waals surface area contributed by atoms with Gasteiger partial charge < -0.3 is 15.7 Å². The van der Waals surface area contributed by atoms with Crippen LogP contribution >= 0.6 is 11.8 Å². The molecule has 0 aromatic heterocycles. The number of nitrogens with one attached hydrogen (secondary N) is 2. The number of carboxylic acid groups (broad SMARTS) is 1. The number of sulfonamides is 1. The lowest BCUT2D eigenvalue weighted by Gasteiger charge is -2.14. The van der Waals surface area contributed by atoms with Gasteiger partial charge in [0, 0.05) is 6.54 Å². The van der Waals surface area contributed by atoms with Crippen LogP contribution in [-0.2, 0) is 21.4 Å². The molecule has 0 spiro atoms. The first kappa shape index (κ1) is 19.3. The molecule has 1 atom stereocenters. The third-order valence-corrected chi connectivity index (χ3v) is 4.49. The Bertz CT molecular complexity index is 646. The Morgan fingerprint density at radius 2 is 1.91 bits per heavy atom. The number of nitrogens with two attached hydrogens (primary N) is 1. The number of carboxylic acids is 1. The van der Waals surface area contributed by atoms with E-state index in [2.05, 4.69) is 10.6 Å². The van der Waals surface area contributed by atoms with Crippen LogP contribution in [0.3, 0.4) is 0 Å². The van der Waals surface area contributed by atoms with Gasteiger partial charge in [0.1, 0.15) is 6.04 Å². The quantitative estimate of drug-likeness (QED) is 0.526. The largest absolute Gasteiger partial charge is 0.480 e. The standard InChI is InChI=1S/C13H19N3O5S2/c1-22-7-6-11(12(17)18)16-13(19)15-8-9-2-4-10(5-3-9)23(14,20)21/h2-5,11H,6-8H2,1H3,(H,17,18)(H2,14,20,21)(H2,15,16,19). The maximum absolute atomic E-state index is 11.7. The molecular formula is C13H19N3O5S2. The zero-order chi connectivity index (χ0) is 17.5. The molecule has 128 valence electrons. The first-order chi connectivity index (χ1) is 10.7. The van der Waals surface area contributed by atoms with Crippen LogP contribution in [0, 0.1) is 0 Å². The van der Waals surface area contributed by atoms with E-state index in [4.69, 9.17) is 10.2 Å². The molecule has 1 aromatic carbocycles. The van der Waals surface area contributed by atoms with Crippen molar-refractivity contribution >= 4 is 33.8 Å². The lowest BCUT2D eigenvalue weighted by Crippen LogP contribution is -2.46. The summed E-state index contributed by atoms with van der Waals surface area (Å²) in [5.41, 5.74) is 0.656. The number of primary sulfonamides is 1. The fourth-order valence-corrected chi connectivity index (χ4v) is 2.67. The van der Waals surface area contributed by atoms with Crippen LogP contribution < -0.4 is 15.8 Å². The van der Waals surface area contributed by atoms with Crippen molar-refractivity contribution in [3.05, 3.63) is 29.8 Å². The number of amides is 2. The van der Waals surface area contributed by atoms with Crippen molar-refractivity contribution in [1.29, 1.82) is 0 Å². The number of rotatable bonds is 8. The lowest BCUT2D eigenvalue weighted by molar-refractivity contribution is -0.139. The van der Waals surface area contributed by atoms with Gasteiger partial charge in [0.05, 0.1) is 4.90 Å². The Kier molecular flexibility index (Phi) is 7.33. The molecule has 1 rings (SSSR count). The highest BCUT2D eigenvalue weighted by atomic mass is 32.2. The smallest absolute Gasteiger partial charge is 0.326 e. The molecule has 23 heavy (non-hydrogen) atoms. The normalized spacial score (nSPS) is 12.4. The SMILES string of the molecule is CSCCC(NC(=O)NCc1ccc(S(N)(=O)=O)cc1)C(=O)O. The summed E-state index contributed by atoms with van der Waals surface area (Å²) in [6, 6.07) is 4.15. The van der Waals surface area contributed by atoms with Gasteiger partial charge in [0.2, 0.25) is 10.0 Å². The highest BCUT2D eigenvalue weighted by Gasteiger charge is 2.19. The molecule has 10 heteroatoms. The lowest BCUT2D eigenvalue weighted by atomic mass is 10.2. The van der Waals surface area contributed by atoms with E-state index >= 15 is 0 Å². The number of carbonyl (C=O) groups is 2. The summed E-state index contributed by atoms with van der Waals surface area (Å²) >= 11 is 1.49. The monoisotopic (exact) mass is 361 g/mol. The number of carbonyl (C=O) groups excluding carboxylic acids is 1. The number of benzene rings is 1. The molecule has 2 amide bonds. The van der Waals surface area contributed by atoms with E-state index in [1.165, 1.54) is 36.0 Å². The van der Waals surface area contributed by atoms with E-state index in [0.29, 0.717) is 17.7 Å². The first-order valence-electron chi connectivity index (χ1n) is 6.62. The molecule has 0 saturated heterocycles. The van der Waals surface area contributed by atoms with E-state index in [0.717, 1.165) is 0 Å². The van der Waals surface area contributed by atoms with Crippen molar-refractivity contribution in [1.82, 2.24) is 10.6 Å². The summed E-state index contributed by atoms with van der Waals surface area (Å²) in [6.45, 7) is 0.131. The molecule has 0 aliphatic rings. The van der Waals surface area contributed by atoms with Gasteiger partial charge in [0.25, 0.3) is 0 Å². The third kappa shape index (κ3) is 6.89. The summed E-state index contributed by atoms with van der Waals surface area (Å²) in [4.78, 5) is 22.7. The van der Waals surface area contributed by atoms with E-state index < -0.39 is 28.1 Å². The van der Waals surface area contributed by atoms with Gasteiger partial charge in [-0.2, -0.15) is 11.8 Å². The Morgan fingerprint density at radius 3 is 2.39 bits per heavy atom. The van der Waals surface area contributed by atoms with Crippen LogP contribution in [0.25, 0.3) is 0 Å². The van der Waals surface area contributed by atoms with Crippen molar-refractivity contribution in [3.8, 4) is 0 Å². The van der Waals surface area contributed by atoms with Gasteiger partial charge in [-0.1, -0.05) is 12.1 Å². The van der Waals surface area contributed by atoms with Gasteiger partial charge in [-0.15, -0.1) is 0 Å². The first-order valence-corrected chi connectivity index (χ1v) is 9.56. The number of urea groups is 1. The Morgan fingerprint density at radius 1 is 1.30 bits per heavy atom. The number of thioether (sulfide) groups is 1. The summed E-state index contributed by atoms with van der Waals surface area (Å²) in [5.74, 6) is -0.474. The van der Waals surface area contributed by atoms with E-state index in [-0.39, 0.29) is 11.4 Å². The van der Waals surface area contributed by atoms with Crippen LogP contribution in [0.4, 0.5) is 4.79 Å². The second-order valence-electron chi connectivity index (χ2n) is 4.69. The van der Waals surface area contributed by atoms with Crippen LogP contribution in [0.1, 0.15) is 12.0 Å². The van der Waals surface area contributed by atoms with Gasteiger partial charge in [-0.3, -0.25) is 0 Å². The fraction of sp³-hybridized carbons (Fsp3) is 0.385. The van der Waals surface area contributed by atoms with Crippen molar-refractivity contribution in [2.24, 2.45) is 5.14 Å². The predicted octanol–water partition coefficient (Wildman–Crippen LogP) is 0.340. The van der Waals surface area contributed by atoms with Crippen LogP contribution in [-0.4, -0.2) is 43.6 Å². The molecule has 0 aliphatic carbocycles. The fourth-order valence-electron chi connectivity index (χ4n) is 1.68. The van der Waals surface area contributed by atoms with Gasteiger partial charge in [-0.05, 0) is 36.1 Å². The average molecular weight is 361 g/mol. The van der Waals surface area contributed by atoms with Crippen molar-refractivity contribution in [2.45, 2.75) is 23.9 Å². The van der Waals surface area contributed by atoms with E-state index in [9.17, 15) is 18.0 Å². The maximum Gasteiger partial charge on any atom is 0.326 e. The summed E-state index contributed by atoms with van der Waals surface area (Å²) in [6.07, 6.45) is 2.18. The molecule has 0 fully saturated rings. The zero-order valence-electron chi connectivity index (χ0n) is 12.5. The minimum Gasteiger partial charge on any atom is -0.480 e. The van der Waals surface area contributed by atoms with Gasteiger partial charge in [0.15, 0.2) is 0 Å². The Balaban J connectivity index is 2.53. The average Bonchev–Trinajstić information content (AvgIpc) is 2.48. The number of hydrogen-bond acceptors (Lipinski definition) is 5. The highest BCUT2D eigenvalue weighted by Crippen LogP contribution is 2.08. The number of aliphatic carboxylic acids is 1. The molecule has 1 unspecified atom stereocenters. The molecular weight excluding hydrogens is 342 g/mol. The highest BCUT2D eigenvalue weighted by molar-refractivity contribution is 7.98. The van der Waals surface area contributed by atoms with Crippen LogP contribution in [0.5, 0.6) is 0 Å². The minimum absolute atomic E-state index is 0.0197. The molecule has 5 N–H and O–H groups in total. The molecule has 0 heterocycles. The van der Waals surface area contributed by atoms with Crippen molar-refractivity contribution < 1.29 is 23.1 Å². The third-order valence-electron chi connectivity index (χ3n) is 2.92. The summed E-state index contributed by atoms with van der Waals surface area (Å²) in [5, 5.41) is 18.9. The summed E-state index contributed by atoms with van der Waals surface area (Å²) < 4.78 is 22.2. The van der Waals surface area contributed by atoms with Crippen LogP contribution in [0.15, 0.2) is 29.2 Å². The summed E-state index contributed by atoms with van der Waals surface area (Å²) in [7, 11) is -3.75. The topological polar surface area (TPSA) is 139 Å². The van der Waals surface area contributed by atoms with Gasteiger partial charge in [-0.25, -0.2) is 23.1 Å². The van der Waals surface area contributed by atoms with Crippen LogP contribution in [0.2, 0.25) is 0 Å². The zero-order valence-corrected chi connectivity index (χ0v) is 14.1. The van der Waals surface area contributed by atoms with Crippen molar-refractivity contribution in [3.63, 3.8) is 0 Å². The minimum atomic E-state index is -3.75. The Labute approximate surface area is 138 Å². The molecule has 0 radical (unpaired) electrons. The molecule has 8 nitrogen and oxygen atoms in total. The Hall–Kier alpha value is -1.78. The van der Waals surface area contributed by atoms with Crippen molar-refractivity contribution in [2.75, 3.05) is 12.0 Å². The second kappa shape index (κ2) is 8.75.